The Morgan fingerprint density at radius 1 is 1.15 bits per heavy atom. The van der Waals surface area contributed by atoms with Crippen molar-refractivity contribution in [3.63, 3.8) is 0 Å². The van der Waals surface area contributed by atoms with Crippen molar-refractivity contribution in [2.75, 3.05) is 13.2 Å². The highest BCUT2D eigenvalue weighted by atomic mass is 16.5. The molecule has 2 aromatic carbocycles. The standard InChI is InChI=1S/C20H20N2O4/c1-14-11-15(7-8-19(14)24)17-12-18(22(25)13-21-17)16-5-2-3-6-20(16)26-10-4-9-23/h2-3,5-8,11-13,23-24H,4,9-10H2,1H3. The second kappa shape index (κ2) is 7.84. The first-order valence-electron chi connectivity index (χ1n) is 8.32. The van der Waals surface area contributed by atoms with Crippen LogP contribution in [0.5, 0.6) is 11.5 Å². The highest BCUT2D eigenvalue weighted by Crippen LogP contribution is 2.30. The number of hydrogen-bond acceptors (Lipinski definition) is 5. The van der Waals surface area contributed by atoms with Crippen LogP contribution >= 0.6 is 0 Å². The van der Waals surface area contributed by atoms with Gasteiger partial charge in [-0.05, 0) is 47.8 Å². The quantitative estimate of drug-likeness (QED) is 0.404. The van der Waals surface area contributed by atoms with Crippen LogP contribution in [0.4, 0.5) is 0 Å². The SMILES string of the molecule is Cc1cc(-c2cc(-c3ccccc3OCCCO)[n+]([O-])cn2)ccc1O. The van der Waals surface area contributed by atoms with E-state index in [1.54, 1.807) is 31.2 Å². The number of aromatic nitrogens is 2. The summed E-state index contributed by atoms with van der Waals surface area (Å²) in [5, 5.41) is 30.9. The first-order chi connectivity index (χ1) is 12.6. The fraction of sp³-hybridized carbons (Fsp3) is 0.200. The lowest BCUT2D eigenvalue weighted by atomic mass is 10.0. The maximum Gasteiger partial charge on any atom is 0.290 e. The summed E-state index contributed by atoms with van der Waals surface area (Å²) in [6.07, 6.45) is 1.73. The van der Waals surface area contributed by atoms with Crippen molar-refractivity contribution in [2.24, 2.45) is 0 Å². The van der Waals surface area contributed by atoms with Crippen LogP contribution in [-0.4, -0.2) is 28.4 Å². The number of nitrogens with zero attached hydrogens (tertiary/aromatic N) is 2. The van der Waals surface area contributed by atoms with E-state index in [4.69, 9.17) is 9.84 Å². The number of aryl methyl sites for hydroxylation is 1. The molecule has 1 aromatic heterocycles. The molecule has 1 heterocycles. The van der Waals surface area contributed by atoms with E-state index in [9.17, 15) is 10.3 Å². The molecule has 0 aliphatic rings. The molecule has 0 radical (unpaired) electrons. The van der Waals surface area contributed by atoms with Crippen molar-refractivity contribution in [1.82, 2.24) is 4.98 Å². The molecule has 0 saturated carbocycles. The second-order valence-electron chi connectivity index (χ2n) is 5.91. The maximum absolute atomic E-state index is 12.3. The van der Waals surface area contributed by atoms with Gasteiger partial charge in [0.2, 0.25) is 0 Å². The van der Waals surface area contributed by atoms with Crippen molar-refractivity contribution in [2.45, 2.75) is 13.3 Å². The molecule has 0 fully saturated rings. The Bertz CT molecular complexity index is 912. The number of phenolic OH excluding ortho intramolecular Hbond substituents is 1. The van der Waals surface area contributed by atoms with Gasteiger partial charge in [0.25, 0.3) is 6.33 Å². The van der Waals surface area contributed by atoms with E-state index in [0.717, 1.165) is 11.1 Å². The minimum absolute atomic E-state index is 0.0450. The average Bonchev–Trinajstić information content (AvgIpc) is 2.65. The minimum atomic E-state index is 0.0450. The summed E-state index contributed by atoms with van der Waals surface area (Å²) in [5.74, 6) is 0.788. The van der Waals surface area contributed by atoms with Gasteiger partial charge in [0, 0.05) is 24.7 Å². The van der Waals surface area contributed by atoms with Gasteiger partial charge in [-0.25, -0.2) is 4.73 Å². The van der Waals surface area contributed by atoms with Gasteiger partial charge < -0.3 is 20.2 Å². The summed E-state index contributed by atoms with van der Waals surface area (Å²) < 4.78 is 6.40. The smallest absolute Gasteiger partial charge is 0.290 e. The summed E-state index contributed by atoms with van der Waals surface area (Å²) in [4.78, 5) is 4.21. The van der Waals surface area contributed by atoms with Crippen LogP contribution < -0.4 is 9.47 Å². The minimum Gasteiger partial charge on any atom is -0.710 e. The van der Waals surface area contributed by atoms with Gasteiger partial charge in [-0.2, -0.15) is 0 Å². The second-order valence-corrected chi connectivity index (χ2v) is 5.91. The normalized spacial score (nSPS) is 10.7. The topological polar surface area (TPSA) is 89.5 Å². The first kappa shape index (κ1) is 17.7. The number of aliphatic hydroxyl groups excluding tert-OH is 1. The molecule has 6 heteroatoms. The van der Waals surface area contributed by atoms with Crippen LogP contribution in [-0.2, 0) is 0 Å². The lowest BCUT2D eigenvalue weighted by Crippen LogP contribution is -2.29. The maximum atomic E-state index is 12.3. The number of phenols is 1. The van der Waals surface area contributed by atoms with Crippen molar-refractivity contribution in [3.05, 3.63) is 65.6 Å². The van der Waals surface area contributed by atoms with Crippen molar-refractivity contribution >= 4 is 0 Å². The highest BCUT2D eigenvalue weighted by molar-refractivity contribution is 5.70. The number of ether oxygens (including phenoxy) is 1. The summed E-state index contributed by atoms with van der Waals surface area (Å²) in [7, 11) is 0. The third-order valence-electron chi connectivity index (χ3n) is 4.03. The van der Waals surface area contributed by atoms with E-state index in [0.29, 0.717) is 40.5 Å². The molecule has 0 aliphatic heterocycles. The molecule has 0 bridgehead atoms. The van der Waals surface area contributed by atoms with E-state index in [1.165, 1.54) is 6.33 Å². The van der Waals surface area contributed by atoms with Crippen LogP contribution in [0, 0.1) is 12.1 Å². The Balaban J connectivity index is 2.02. The van der Waals surface area contributed by atoms with Gasteiger partial charge in [0.15, 0.2) is 5.69 Å². The van der Waals surface area contributed by atoms with Crippen LogP contribution in [0.2, 0.25) is 0 Å². The molecule has 0 saturated heterocycles. The van der Waals surface area contributed by atoms with E-state index in [1.807, 2.05) is 24.3 Å². The molecule has 0 unspecified atom stereocenters. The fourth-order valence-electron chi connectivity index (χ4n) is 2.63. The molecule has 3 rings (SSSR count). The molecule has 0 atom stereocenters. The number of para-hydroxylation sites is 1. The first-order valence-corrected chi connectivity index (χ1v) is 8.32. The van der Waals surface area contributed by atoms with Crippen molar-refractivity contribution in [3.8, 4) is 34.0 Å². The number of benzene rings is 2. The van der Waals surface area contributed by atoms with Gasteiger partial charge in [-0.3, -0.25) is 0 Å². The van der Waals surface area contributed by atoms with Crippen LogP contribution in [0.15, 0.2) is 54.9 Å². The molecule has 6 nitrogen and oxygen atoms in total. The zero-order chi connectivity index (χ0) is 18.5. The van der Waals surface area contributed by atoms with Gasteiger partial charge in [0.05, 0.1) is 12.2 Å². The highest BCUT2D eigenvalue weighted by Gasteiger charge is 2.16. The average molecular weight is 352 g/mol. The van der Waals surface area contributed by atoms with E-state index < -0.39 is 0 Å². The van der Waals surface area contributed by atoms with Crippen LogP contribution in [0.25, 0.3) is 22.5 Å². The third-order valence-corrected chi connectivity index (χ3v) is 4.03. The molecule has 3 aromatic rings. The monoisotopic (exact) mass is 352 g/mol. The van der Waals surface area contributed by atoms with Gasteiger partial charge in [-0.1, -0.05) is 12.1 Å². The van der Waals surface area contributed by atoms with Gasteiger partial charge >= 0.3 is 0 Å². The Labute approximate surface area is 151 Å². The van der Waals surface area contributed by atoms with Gasteiger partial charge in [-0.15, -0.1) is 0 Å². The summed E-state index contributed by atoms with van der Waals surface area (Å²) >= 11 is 0. The molecule has 0 spiro atoms. The predicted octanol–water partition coefficient (Wildman–Crippen LogP) is 2.82. The van der Waals surface area contributed by atoms with E-state index in [2.05, 4.69) is 4.98 Å². The largest absolute Gasteiger partial charge is 0.710 e. The zero-order valence-electron chi connectivity index (χ0n) is 14.4. The molecule has 2 N–H and O–H groups in total. The lowest BCUT2D eigenvalue weighted by molar-refractivity contribution is -0.597. The molecule has 134 valence electrons. The fourth-order valence-corrected chi connectivity index (χ4v) is 2.63. The lowest BCUT2D eigenvalue weighted by Gasteiger charge is -2.14. The van der Waals surface area contributed by atoms with Crippen LogP contribution in [0.1, 0.15) is 12.0 Å². The molecule has 0 aliphatic carbocycles. The molecule has 26 heavy (non-hydrogen) atoms. The number of aromatic hydroxyl groups is 1. The summed E-state index contributed by atoms with van der Waals surface area (Å²) in [6.45, 7) is 2.21. The molecule has 0 amide bonds. The van der Waals surface area contributed by atoms with Crippen molar-refractivity contribution < 1.29 is 19.7 Å². The van der Waals surface area contributed by atoms with E-state index >= 15 is 0 Å². The van der Waals surface area contributed by atoms with Gasteiger partial charge in [0.1, 0.15) is 17.2 Å². The molecular formula is C20H20N2O4. The molecular weight excluding hydrogens is 332 g/mol. The number of rotatable bonds is 6. The predicted molar refractivity (Wildman–Crippen MR) is 97.7 cm³/mol. The Hall–Kier alpha value is -3.12. The van der Waals surface area contributed by atoms with E-state index in [-0.39, 0.29) is 12.4 Å². The summed E-state index contributed by atoms with van der Waals surface area (Å²) in [6, 6.07) is 14.1. The Kier molecular flexibility index (Phi) is 5.34. The number of hydrogen-bond donors (Lipinski definition) is 2. The third kappa shape index (κ3) is 3.75. The summed E-state index contributed by atoms with van der Waals surface area (Å²) in [5.41, 5.74) is 3.23. The Morgan fingerprint density at radius 2 is 1.96 bits per heavy atom. The van der Waals surface area contributed by atoms with Crippen LogP contribution in [0.3, 0.4) is 0 Å². The Morgan fingerprint density at radius 3 is 2.73 bits per heavy atom. The number of aliphatic hydroxyl groups is 1. The zero-order valence-corrected chi connectivity index (χ0v) is 14.4. The van der Waals surface area contributed by atoms with Crippen molar-refractivity contribution in [1.29, 1.82) is 0 Å².